The van der Waals surface area contributed by atoms with Crippen LogP contribution in [-0.2, 0) is 0 Å². The van der Waals surface area contributed by atoms with E-state index >= 15 is 0 Å². The van der Waals surface area contributed by atoms with Gasteiger partial charge in [-0.2, -0.15) is 0 Å². The molecule has 1 fully saturated rings. The summed E-state index contributed by atoms with van der Waals surface area (Å²) < 4.78 is 0. The van der Waals surface area contributed by atoms with Gasteiger partial charge in [0.05, 0.1) is 0 Å². The first-order valence-electron chi connectivity index (χ1n) is 5.73. The highest BCUT2D eigenvalue weighted by Gasteiger charge is 2.25. The maximum atomic E-state index is 11.8. The molecule has 1 saturated heterocycles. The number of carbonyl (C=O) groups is 1. The molecular formula is C11H23N3O. The van der Waals surface area contributed by atoms with Gasteiger partial charge in [-0.15, -0.1) is 0 Å². The topological polar surface area (TPSA) is 35.6 Å². The van der Waals surface area contributed by atoms with Crippen molar-refractivity contribution in [3.63, 3.8) is 0 Å². The summed E-state index contributed by atoms with van der Waals surface area (Å²) in [7, 11) is 3.83. The SMILES string of the molecule is CNC(CN1CCCN(C)C1=O)C(C)C. The molecule has 1 rings (SSSR count). The average molecular weight is 213 g/mol. The number of likely N-dealkylation sites (N-methyl/N-ethyl adjacent to an activating group) is 1. The van der Waals surface area contributed by atoms with Crippen LogP contribution in [0.2, 0.25) is 0 Å². The molecule has 0 aliphatic carbocycles. The van der Waals surface area contributed by atoms with Gasteiger partial charge < -0.3 is 15.1 Å². The molecular weight excluding hydrogens is 190 g/mol. The predicted octanol–water partition coefficient (Wildman–Crippen LogP) is 0.988. The molecule has 0 radical (unpaired) electrons. The van der Waals surface area contributed by atoms with Gasteiger partial charge in [0.15, 0.2) is 0 Å². The van der Waals surface area contributed by atoms with Crippen molar-refractivity contribution in [3.05, 3.63) is 0 Å². The average Bonchev–Trinajstić information content (AvgIpc) is 2.19. The Morgan fingerprint density at radius 3 is 2.60 bits per heavy atom. The number of nitrogens with one attached hydrogen (secondary N) is 1. The van der Waals surface area contributed by atoms with Crippen molar-refractivity contribution in [2.24, 2.45) is 5.92 Å². The normalized spacial score (nSPS) is 19.9. The fourth-order valence-electron chi connectivity index (χ4n) is 1.97. The molecule has 0 spiro atoms. The smallest absolute Gasteiger partial charge is 0.319 e. The molecule has 1 atom stereocenters. The first-order chi connectivity index (χ1) is 7.06. The number of amides is 2. The van der Waals surface area contributed by atoms with Crippen LogP contribution in [0.1, 0.15) is 20.3 Å². The number of hydrogen-bond donors (Lipinski definition) is 1. The van der Waals surface area contributed by atoms with Gasteiger partial charge in [-0.25, -0.2) is 4.79 Å². The van der Waals surface area contributed by atoms with Crippen LogP contribution in [0.4, 0.5) is 4.79 Å². The van der Waals surface area contributed by atoms with Crippen LogP contribution in [0.5, 0.6) is 0 Å². The molecule has 2 amide bonds. The summed E-state index contributed by atoms with van der Waals surface area (Å²) in [4.78, 5) is 15.6. The van der Waals surface area contributed by atoms with Crippen LogP contribution in [0, 0.1) is 5.92 Å². The highest BCUT2D eigenvalue weighted by atomic mass is 16.2. The second-order valence-electron chi connectivity index (χ2n) is 4.64. The summed E-state index contributed by atoms with van der Waals surface area (Å²) in [6.45, 7) is 6.96. The maximum absolute atomic E-state index is 11.8. The molecule has 1 N–H and O–H groups in total. The summed E-state index contributed by atoms with van der Waals surface area (Å²) in [5.74, 6) is 0.551. The molecule has 0 bridgehead atoms. The van der Waals surface area contributed by atoms with Gasteiger partial charge in [-0.3, -0.25) is 0 Å². The Morgan fingerprint density at radius 1 is 1.40 bits per heavy atom. The zero-order valence-electron chi connectivity index (χ0n) is 10.3. The van der Waals surface area contributed by atoms with E-state index in [1.165, 1.54) is 0 Å². The zero-order valence-corrected chi connectivity index (χ0v) is 10.3. The zero-order chi connectivity index (χ0) is 11.4. The van der Waals surface area contributed by atoms with Gasteiger partial charge in [-0.05, 0) is 19.4 Å². The van der Waals surface area contributed by atoms with Crippen LogP contribution in [0.3, 0.4) is 0 Å². The van der Waals surface area contributed by atoms with Crippen LogP contribution >= 0.6 is 0 Å². The van der Waals surface area contributed by atoms with Crippen molar-refractivity contribution in [1.29, 1.82) is 0 Å². The molecule has 1 aliphatic heterocycles. The van der Waals surface area contributed by atoms with Crippen molar-refractivity contribution >= 4 is 6.03 Å². The maximum Gasteiger partial charge on any atom is 0.319 e. The van der Waals surface area contributed by atoms with E-state index in [0.29, 0.717) is 12.0 Å². The lowest BCUT2D eigenvalue weighted by atomic mass is 10.0. The van der Waals surface area contributed by atoms with E-state index in [0.717, 1.165) is 26.1 Å². The highest BCUT2D eigenvalue weighted by Crippen LogP contribution is 2.10. The molecule has 88 valence electrons. The molecule has 0 aromatic heterocycles. The summed E-state index contributed by atoms with van der Waals surface area (Å²) in [6, 6.07) is 0.558. The van der Waals surface area contributed by atoms with E-state index in [4.69, 9.17) is 0 Å². The third-order valence-corrected chi connectivity index (χ3v) is 3.11. The summed E-state index contributed by atoms with van der Waals surface area (Å²) >= 11 is 0. The lowest BCUT2D eigenvalue weighted by Crippen LogP contribution is -2.52. The Balaban J connectivity index is 2.52. The Labute approximate surface area is 92.6 Å². The Hall–Kier alpha value is -0.770. The van der Waals surface area contributed by atoms with Gasteiger partial charge in [0.1, 0.15) is 0 Å². The molecule has 1 unspecified atom stereocenters. The molecule has 1 heterocycles. The van der Waals surface area contributed by atoms with E-state index in [1.54, 1.807) is 4.90 Å². The molecule has 15 heavy (non-hydrogen) atoms. The fourth-order valence-corrected chi connectivity index (χ4v) is 1.97. The van der Waals surface area contributed by atoms with Crippen LogP contribution in [0.25, 0.3) is 0 Å². The number of hydrogen-bond acceptors (Lipinski definition) is 2. The van der Waals surface area contributed by atoms with Gasteiger partial charge in [0.25, 0.3) is 0 Å². The Kier molecular flexibility index (Phi) is 4.39. The molecule has 0 aromatic rings. The number of carbonyl (C=O) groups excluding carboxylic acids is 1. The van der Waals surface area contributed by atoms with Crippen LogP contribution in [-0.4, -0.2) is 55.6 Å². The van der Waals surface area contributed by atoms with E-state index in [2.05, 4.69) is 19.2 Å². The standard InChI is InChI=1S/C11H23N3O/c1-9(2)10(12-3)8-14-7-5-6-13(4)11(14)15/h9-10,12H,5-8H2,1-4H3. The predicted molar refractivity (Wildman–Crippen MR) is 61.9 cm³/mol. The lowest BCUT2D eigenvalue weighted by Gasteiger charge is -2.36. The monoisotopic (exact) mass is 213 g/mol. The fraction of sp³-hybridized carbons (Fsp3) is 0.909. The highest BCUT2D eigenvalue weighted by molar-refractivity contribution is 5.74. The van der Waals surface area contributed by atoms with E-state index in [9.17, 15) is 4.79 Å². The minimum atomic E-state index is 0.169. The second kappa shape index (κ2) is 5.35. The van der Waals surface area contributed by atoms with Gasteiger partial charge in [0, 0.05) is 32.7 Å². The first kappa shape index (κ1) is 12.3. The third kappa shape index (κ3) is 3.09. The molecule has 0 saturated carbocycles. The van der Waals surface area contributed by atoms with E-state index in [1.807, 2.05) is 19.0 Å². The van der Waals surface area contributed by atoms with Crippen LogP contribution < -0.4 is 5.32 Å². The molecule has 1 aliphatic rings. The third-order valence-electron chi connectivity index (χ3n) is 3.11. The second-order valence-corrected chi connectivity index (χ2v) is 4.64. The van der Waals surface area contributed by atoms with Crippen molar-refractivity contribution in [1.82, 2.24) is 15.1 Å². The van der Waals surface area contributed by atoms with Crippen molar-refractivity contribution < 1.29 is 4.79 Å². The van der Waals surface area contributed by atoms with Gasteiger partial charge >= 0.3 is 6.03 Å². The Morgan fingerprint density at radius 2 is 2.07 bits per heavy atom. The van der Waals surface area contributed by atoms with E-state index in [-0.39, 0.29) is 6.03 Å². The number of rotatable bonds is 4. The van der Waals surface area contributed by atoms with Crippen LogP contribution in [0.15, 0.2) is 0 Å². The summed E-state index contributed by atoms with van der Waals surface area (Å²) in [5.41, 5.74) is 0. The van der Waals surface area contributed by atoms with Gasteiger partial charge in [0.2, 0.25) is 0 Å². The quantitative estimate of drug-likeness (QED) is 0.756. The van der Waals surface area contributed by atoms with Gasteiger partial charge in [-0.1, -0.05) is 13.8 Å². The lowest BCUT2D eigenvalue weighted by molar-refractivity contribution is 0.132. The van der Waals surface area contributed by atoms with Crippen molar-refractivity contribution in [2.45, 2.75) is 26.3 Å². The van der Waals surface area contributed by atoms with Crippen molar-refractivity contribution in [3.8, 4) is 0 Å². The molecule has 4 heteroatoms. The summed E-state index contributed by atoms with van der Waals surface area (Å²) in [5, 5.41) is 3.27. The largest absolute Gasteiger partial charge is 0.328 e. The molecule has 4 nitrogen and oxygen atoms in total. The van der Waals surface area contributed by atoms with E-state index < -0.39 is 0 Å². The Bertz CT molecular complexity index is 218. The van der Waals surface area contributed by atoms with Crippen molar-refractivity contribution in [2.75, 3.05) is 33.7 Å². The number of nitrogens with zero attached hydrogens (tertiary/aromatic N) is 2. The first-order valence-corrected chi connectivity index (χ1v) is 5.73. The minimum Gasteiger partial charge on any atom is -0.328 e. The number of urea groups is 1. The summed E-state index contributed by atoms with van der Waals surface area (Å²) in [6.07, 6.45) is 1.08. The minimum absolute atomic E-state index is 0.169. The molecule has 0 aromatic carbocycles.